The molecule has 0 spiro atoms. The Bertz CT molecular complexity index is 2740. The maximum Gasteiger partial charge on any atom is 0.175 e. The SMILES string of the molecule is CCCOCCOc1cc2nncc(Cl)c2cc1C.CCCOCCOc1cc2nncc(Oc3ccc4[nH]c(C)cc4c3F)c2cc1C.Cc1cc2c(F)c(O)ccc2[nH]1. The molecular weight excluding hydrogens is 806 g/mol. The number of rotatable bonds is 14. The molecule has 0 aliphatic carbocycles. The van der Waals surface area contributed by atoms with Crippen LogP contribution in [0.1, 0.15) is 49.2 Å². The first-order chi connectivity index (χ1) is 29.5. The van der Waals surface area contributed by atoms with Crippen molar-refractivity contribution in [3.8, 4) is 28.7 Å². The summed E-state index contributed by atoms with van der Waals surface area (Å²) in [5, 5.41) is 28.3. The summed E-state index contributed by atoms with van der Waals surface area (Å²) in [6.45, 7) is 15.4. The molecule has 4 heterocycles. The molecule has 0 atom stereocenters. The minimum Gasteiger partial charge on any atom is -0.505 e. The highest BCUT2D eigenvalue weighted by Gasteiger charge is 2.15. The summed E-state index contributed by atoms with van der Waals surface area (Å²) in [4.78, 5) is 6.10. The largest absolute Gasteiger partial charge is 0.505 e. The van der Waals surface area contributed by atoms with Gasteiger partial charge in [0, 0.05) is 69.3 Å². The number of aromatic amines is 2. The van der Waals surface area contributed by atoms with Crippen molar-refractivity contribution in [1.82, 2.24) is 30.4 Å². The van der Waals surface area contributed by atoms with Crippen molar-refractivity contribution in [2.75, 3.05) is 39.6 Å². The number of phenols is 1. The number of aromatic nitrogens is 6. The van der Waals surface area contributed by atoms with E-state index in [4.69, 9.17) is 40.4 Å². The first kappa shape index (κ1) is 44.5. The van der Waals surface area contributed by atoms with Gasteiger partial charge < -0.3 is 38.8 Å². The molecule has 0 unspecified atom stereocenters. The van der Waals surface area contributed by atoms with Gasteiger partial charge in [0.25, 0.3) is 0 Å². The Labute approximate surface area is 357 Å². The third kappa shape index (κ3) is 11.2. The molecule has 12 nitrogen and oxygen atoms in total. The second kappa shape index (κ2) is 20.9. The Kier molecular flexibility index (Phi) is 15.3. The van der Waals surface area contributed by atoms with Crippen molar-refractivity contribution in [2.45, 2.75) is 54.4 Å². The number of aryl methyl sites for hydroxylation is 4. The molecule has 320 valence electrons. The first-order valence-electron chi connectivity index (χ1n) is 20.0. The second-order valence-electron chi connectivity index (χ2n) is 14.3. The molecule has 4 aromatic heterocycles. The van der Waals surface area contributed by atoms with Gasteiger partial charge in [0.2, 0.25) is 0 Å². The summed E-state index contributed by atoms with van der Waals surface area (Å²) in [5.41, 5.74) is 6.52. The minimum atomic E-state index is -0.558. The predicted molar refractivity (Wildman–Crippen MR) is 234 cm³/mol. The van der Waals surface area contributed by atoms with E-state index in [9.17, 15) is 8.78 Å². The van der Waals surface area contributed by atoms with Gasteiger partial charge in [-0.3, -0.25) is 0 Å². The fourth-order valence-electron chi connectivity index (χ4n) is 6.42. The molecular formula is C46H49ClF2N6O6. The highest BCUT2D eigenvalue weighted by Crippen LogP contribution is 2.35. The summed E-state index contributed by atoms with van der Waals surface area (Å²) in [6, 6.07) is 17.4. The normalized spacial score (nSPS) is 11.1. The summed E-state index contributed by atoms with van der Waals surface area (Å²) in [7, 11) is 0. The lowest BCUT2D eigenvalue weighted by molar-refractivity contribution is 0.100. The van der Waals surface area contributed by atoms with E-state index in [2.05, 4.69) is 44.2 Å². The van der Waals surface area contributed by atoms with Crippen LogP contribution >= 0.6 is 11.6 Å². The van der Waals surface area contributed by atoms with E-state index in [0.717, 1.165) is 76.1 Å². The molecule has 8 aromatic rings. The first-order valence-corrected chi connectivity index (χ1v) is 20.4. The van der Waals surface area contributed by atoms with Gasteiger partial charge in [-0.2, -0.15) is 20.4 Å². The van der Waals surface area contributed by atoms with Crippen molar-refractivity contribution < 1.29 is 37.6 Å². The smallest absolute Gasteiger partial charge is 0.175 e. The Morgan fingerprint density at radius 2 is 1.10 bits per heavy atom. The van der Waals surface area contributed by atoms with Crippen molar-refractivity contribution >= 4 is 55.2 Å². The number of fused-ring (bicyclic) bond motifs is 4. The van der Waals surface area contributed by atoms with Crippen LogP contribution in [0.3, 0.4) is 0 Å². The van der Waals surface area contributed by atoms with Gasteiger partial charge in [0.05, 0.1) is 36.1 Å². The van der Waals surface area contributed by atoms with Crippen LogP contribution in [0.5, 0.6) is 28.7 Å². The Hall–Kier alpha value is -6.09. The highest BCUT2D eigenvalue weighted by molar-refractivity contribution is 6.35. The Balaban J connectivity index is 0.000000170. The Morgan fingerprint density at radius 3 is 1.69 bits per heavy atom. The molecule has 0 aliphatic heterocycles. The van der Waals surface area contributed by atoms with Gasteiger partial charge in [-0.15, -0.1) is 0 Å². The molecule has 0 aliphatic rings. The second-order valence-corrected chi connectivity index (χ2v) is 14.7. The minimum absolute atomic E-state index is 0.141. The topological polar surface area (TPSA) is 150 Å². The molecule has 0 saturated heterocycles. The lowest BCUT2D eigenvalue weighted by Gasteiger charge is -2.13. The zero-order valence-corrected chi connectivity index (χ0v) is 35.8. The quantitative estimate of drug-likeness (QED) is 0.0902. The predicted octanol–water partition coefficient (Wildman–Crippen LogP) is 11.2. The number of benzene rings is 4. The number of H-pyrrole nitrogens is 2. The number of nitrogens with zero attached hydrogens (tertiary/aromatic N) is 4. The number of aromatic hydroxyl groups is 1. The fraction of sp³-hybridized carbons (Fsp3) is 0.304. The van der Waals surface area contributed by atoms with Gasteiger partial charge in [0.15, 0.2) is 28.9 Å². The standard InChI is InChI=1S/C23H24FN3O3.C14H17ClN2O2.C9H8FNO/c1-4-7-28-8-9-29-21-12-19-16(10-14(21)2)22(13-25-27-19)30-20-6-5-18-17(23(20)24)11-15(3)26-18;1-3-4-18-5-6-19-14-8-13-11(7-10(14)2)12(15)9-16-17-13;1-5-4-6-7(11-5)2-3-8(12)9(6)10/h5-6,10-13,26H,4,7-9H2,1-3H3;7-9H,3-6H2,1-2H3;2-4,11-12H,1H3. The molecule has 0 saturated carbocycles. The van der Waals surface area contributed by atoms with Crippen LogP contribution in [-0.2, 0) is 9.47 Å². The zero-order valence-electron chi connectivity index (χ0n) is 35.0. The number of ether oxygens (including phenoxy) is 5. The van der Waals surface area contributed by atoms with Crippen molar-refractivity contribution in [2.24, 2.45) is 0 Å². The molecule has 4 aromatic carbocycles. The number of phenolic OH excluding ortho intramolecular Hbond substituents is 1. The summed E-state index contributed by atoms with van der Waals surface area (Å²) >= 11 is 6.08. The van der Waals surface area contributed by atoms with E-state index < -0.39 is 11.6 Å². The number of hydrogen-bond acceptors (Lipinski definition) is 10. The average molecular weight is 855 g/mol. The molecule has 0 amide bonds. The monoisotopic (exact) mass is 854 g/mol. The molecule has 8 rings (SSSR count). The summed E-state index contributed by atoms with van der Waals surface area (Å²) < 4.78 is 56.3. The summed E-state index contributed by atoms with van der Waals surface area (Å²) in [5.74, 6) is 0.811. The number of nitrogens with one attached hydrogen (secondary N) is 2. The molecule has 3 N–H and O–H groups in total. The van der Waals surface area contributed by atoms with Crippen LogP contribution < -0.4 is 14.2 Å². The Morgan fingerprint density at radius 1 is 0.574 bits per heavy atom. The van der Waals surface area contributed by atoms with Gasteiger partial charge in [-0.05, 0) is 100 Å². The maximum absolute atomic E-state index is 14.9. The maximum atomic E-state index is 14.9. The van der Waals surface area contributed by atoms with Crippen LogP contribution in [0.4, 0.5) is 8.78 Å². The van der Waals surface area contributed by atoms with Gasteiger partial charge >= 0.3 is 0 Å². The molecule has 61 heavy (non-hydrogen) atoms. The van der Waals surface area contributed by atoms with Crippen LogP contribution in [0, 0.1) is 39.3 Å². The fourth-order valence-corrected chi connectivity index (χ4v) is 6.62. The summed E-state index contributed by atoms with van der Waals surface area (Å²) in [6.07, 6.45) is 5.03. The molecule has 15 heteroatoms. The van der Waals surface area contributed by atoms with E-state index >= 15 is 0 Å². The lowest BCUT2D eigenvalue weighted by atomic mass is 10.1. The van der Waals surface area contributed by atoms with E-state index in [0.29, 0.717) is 64.8 Å². The lowest BCUT2D eigenvalue weighted by Crippen LogP contribution is -2.08. The number of halogens is 3. The van der Waals surface area contributed by atoms with Crippen LogP contribution in [0.25, 0.3) is 43.6 Å². The molecule has 0 fully saturated rings. The van der Waals surface area contributed by atoms with E-state index in [1.807, 2.05) is 52.0 Å². The van der Waals surface area contributed by atoms with E-state index in [1.54, 1.807) is 36.5 Å². The number of hydrogen-bond donors (Lipinski definition) is 3. The zero-order chi connectivity index (χ0) is 43.5. The van der Waals surface area contributed by atoms with Crippen LogP contribution in [0.2, 0.25) is 5.02 Å². The highest BCUT2D eigenvalue weighted by atomic mass is 35.5. The van der Waals surface area contributed by atoms with E-state index in [-0.39, 0.29) is 11.5 Å². The third-order valence-electron chi connectivity index (χ3n) is 9.36. The van der Waals surface area contributed by atoms with Crippen LogP contribution in [0.15, 0.2) is 73.1 Å². The van der Waals surface area contributed by atoms with Crippen LogP contribution in [-0.4, -0.2) is 75.1 Å². The average Bonchev–Trinajstić information content (AvgIpc) is 3.83. The van der Waals surface area contributed by atoms with Gasteiger partial charge in [-0.25, -0.2) is 8.78 Å². The molecule has 0 bridgehead atoms. The van der Waals surface area contributed by atoms with Crippen molar-refractivity contribution in [3.63, 3.8) is 0 Å². The van der Waals surface area contributed by atoms with Crippen molar-refractivity contribution in [3.05, 3.63) is 112 Å². The van der Waals surface area contributed by atoms with Gasteiger partial charge in [-0.1, -0.05) is 25.4 Å². The van der Waals surface area contributed by atoms with Gasteiger partial charge in [0.1, 0.15) is 30.2 Å². The molecule has 0 radical (unpaired) electrons. The van der Waals surface area contributed by atoms with E-state index in [1.165, 1.54) is 12.3 Å². The third-order valence-corrected chi connectivity index (χ3v) is 9.66. The van der Waals surface area contributed by atoms with Crippen molar-refractivity contribution in [1.29, 1.82) is 0 Å².